The predicted molar refractivity (Wildman–Crippen MR) is 83.3 cm³/mol. The Morgan fingerprint density at radius 1 is 1.40 bits per heavy atom. The SMILES string of the molecule is CC(C)(C)OC(=O)N[C@@H]1CN(c2cc(C(F)(F)F)ccn2)[C@@H]2COC21. The maximum absolute atomic E-state index is 12.9. The molecular weight excluding hydrogens is 339 g/mol. The maximum atomic E-state index is 12.9. The third kappa shape index (κ3) is 3.81. The molecule has 2 fully saturated rings. The van der Waals surface area contributed by atoms with E-state index in [1.54, 1.807) is 25.7 Å². The van der Waals surface area contributed by atoms with E-state index in [1.807, 2.05) is 0 Å². The highest BCUT2D eigenvalue weighted by Crippen LogP contribution is 2.36. The molecule has 1 unspecified atom stereocenters. The number of hydrogen-bond acceptors (Lipinski definition) is 5. The minimum absolute atomic E-state index is 0.115. The van der Waals surface area contributed by atoms with Crippen molar-refractivity contribution in [2.45, 2.75) is 50.7 Å². The van der Waals surface area contributed by atoms with Crippen molar-refractivity contribution in [3.8, 4) is 0 Å². The van der Waals surface area contributed by atoms with E-state index in [0.29, 0.717) is 13.2 Å². The highest BCUT2D eigenvalue weighted by Gasteiger charge is 2.50. The molecule has 3 heterocycles. The van der Waals surface area contributed by atoms with Crippen molar-refractivity contribution in [1.29, 1.82) is 0 Å². The van der Waals surface area contributed by atoms with Gasteiger partial charge in [-0.3, -0.25) is 0 Å². The minimum Gasteiger partial charge on any atom is -0.444 e. The van der Waals surface area contributed by atoms with Gasteiger partial charge in [0, 0.05) is 12.7 Å². The van der Waals surface area contributed by atoms with Gasteiger partial charge in [-0.05, 0) is 32.9 Å². The molecule has 0 saturated carbocycles. The van der Waals surface area contributed by atoms with Crippen molar-refractivity contribution in [2.24, 2.45) is 0 Å². The molecule has 1 aromatic rings. The van der Waals surface area contributed by atoms with Gasteiger partial charge in [0.1, 0.15) is 17.5 Å². The van der Waals surface area contributed by atoms with Crippen molar-refractivity contribution in [2.75, 3.05) is 18.1 Å². The number of carbonyl (C=O) groups is 1. The van der Waals surface area contributed by atoms with Crippen LogP contribution in [0.3, 0.4) is 0 Å². The number of amides is 1. The number of aromatic nitrogens is 1. The number of halogens is 3. The Morgan fingerprint density at radius 2 is 2.12 bits per heavy atom. The van der Waals surface area contributed by atoms with Crippen molar-refractivity contribution in [3.63, 3.8) is 0 Å². The minimum atomic E-state index is -4.43. The lowest BCUT2D eigenvalue weighted by Gasteiger charge is -2.37. The summed E-state index contributed by atoms with van der Waals surface area (Å²) in [5.74, 6) is 0.224. The normalized spacial score (nSPS) is 26.0. The first-order valence-electron chi connectivity index (χ1n) is 7.95. The van der Waals surface area contributed by atoms with Crippen LogP contribution < -0.4 is 10.2 Å². The van der Waals surface area contributed by atoms with Gasteiger partial charge in [0.15, 0.2) is 0 Å². The van der Waals surface area contributed by atoms with Gasteiger partial charge < -0.3 is 19.7 Å². The highest BCUT2D eigenvalue weighted by atomic mass is 19.4. The van der Waals surface area contributed by atoms with E-state index in [2.05, 4.69) is 10.3 Å². The molecule has 2 aliphatic heterocycles. The lowest BCUT2D eigenvalue weighted by atomic mass is 10.0. The molecule has 3 atom stereocenters. The molecule has 0 spiro atoms. The van der Waals surface area contributed by atoms with Crippen LogP contribution in [-0.2, 0) is 15.7 Å². The summed E-state index contributed by atoms with van der Waals surface area (Å²) in [6.45, 7) is 5.95. The lowest BCUT2D eigenvalue weighted by molar-refractivity contribution is -0.137. The summed E-state index contributed by atoms with van der Waals surface area (Å²) in [5, 5.41) is 2.73. The van der Waals surface area contributed by atoms with Crippen molar-refractivity contribution in [1.82, 2.24) is 10.3 Å². The number of anilines is 1. The lowest BCUT2D eigenvalue weighted by Crippen LogP contribution is -2.55. The zero-order chi connectivity index (χ0) is 18.4. The topological polar surface area (TPSA) is 63.7 Å². The number of rotatable bonds is 2. The van der Waals surface area contributed by atoms with Gasteiger partial charge in [0.05, 0.1) is 24.3 Å². The van der Waals surface area contributed by atoms with E-state index < -0.39 is 23.4 Å². The van der Waals surface area contributed by atoms with E-state index >= 15 is 0 Å². The summed E-state index contributed by atoms with van der Waals surface area (Å²) in [7, 11) is 0. The molecule has 1 aromatic heterocycles. The molecular formula is C16H20F3N3O3. The molecule has 2 saturated heterocycles. The molecule has 138 valence electrons. The molecule has 6 nitrogen and oxygen atoms in total. The molecule has 0 radical (unpaired) electrons. The Kier molecular flexibility index (Phi) is 4.30. The van der Waals surface area contributed by atoms with Gasteiger partial charge in [-0.1, -0.05) is 0 Å². The average molecular weight is 359 g/mol. The number of alkyl carbamates (subject to hydrolysis) is 1. The first-order chi connectivity index (χ1) is 11.5. The summed E-state index contributed by atoms with van der Waals surface area (Å²) >= 11 is 0. The first kappa shape index (κ1) is 17.8. The molecule has 0 bridgehead atoms. The third-order valence-corrected chi connectivity index (χ3v) is 4.10. The number of fused-ring (bicyclic) bond motifs is 1. The number of pyridine rings is 1. The van der Waals surface area contributed by atoms with Gasteiger partial charge in [0.25, 0.3) is 0 Å². The smallest absolute Gasteiger partial charge is 0.416 e. The Bertz CT molecular complexity index is 660. The summed E-state index contributed by atoms with van der Waals surface area (Å²) < 4.78 is 49.4. The zero-order valence-corrected chi connectivity index (χ0v) is 14.1. The van der Waals surface area contributed by atoms with Crippen LogP contribution in [0.2, 0.25) is 0 Å². The van der Waals surface area contributed by atoms with E-state index in [-0.39, 0.29) is 24.0 Å². The summed E-state index contributed by atoms with van der Waals surface area (Å²) in [6, 6.07) is 1.47. The van der Waals surface area contributed by atoms with E-state index in [9.17, 15) is 18.0 Å². The molecule has 0 aromatic carbocycles. The van der Waals surface area contributed by atoms with Gasteiger partial charge in [-0.15, -0.1) is 0 Å². The van der Waals surface area contributed by atoms with E-state index in [0.717, 1.165) is 18.3 Å². The van der Waals surface area contributed by atoms with Crippen LogP contribution in [0.25, 0.3) is 0 Å². The van der Waals surface area contributed by atoms with Gasteiger partial charge in [0.2, 0.25) is 0 Å². The van der Waals surface area contributed by atoms with Gasteiger partial charge >= 0.3 is 12.3 Å². The second-order valence-electron chi connectivity index (χ2n) is 7.17. The number of nitrogens with one attached hydrogen (secondary N) is 1. The van der Waals surface area contributed by atoms with Crippen LogP contribution in [0.5, 0.6) is 0 Å². The Hall–Kier alpha value is -2.03. The fourth-order valence-electron chi connectivity index (χ4n) is 3.00. The molecule has 1 amide bonds. The molecule has 0 aliphatic carbocycles. The van der Waals surface area contributed by atoms with Gasteiger partial charge in [-0.25, -0.2) is 9.78 Å². The Balaban J connectivity index is 1.72. The summed E-state index contributed by atoms with van der Waals surface area (Å²) in [5.41, 5.74) is -1.39. The molecule has 3 rings (SSSR count). The molecule has 25 heavy (non-hydrogen) atoms. The van der Waals surface area contributed by atoms with Crippen LogP contribution in [0.15, 0.2) is 18.3 Å². The zero-order valence-electron chi connectivity index (χ0n) is 14.1. The van der Waals surface area contributed by atoms with Crippen LogP contribution in [-0.4, -0.2) is 48.0 Å². The Labute approximate surface area is 143 Å². The number of carbonyl (C=O) groups excluding carboxylic acids is 1. The quantitative estimate of drug-likeness (QED) is 0.879. The fourth-order valence-corrected chi connectivity index (χ4v) is 3.00. The monoisotopic (exact) mass is 359 g/mol. The van der Waals surface area contributed by atoms with Crippen LogP contribution >= 0.6 is 0 Å². The first-order valence-corrected chi connectivity index (χ1v) is 7.95. The fraction of sp³-hybridized carbons (Fsp3) is 0.625. The molecule has 1 N–H and O–H groups in total. The second-order valence-corrected chi connectivity index (χ2v) is 7.17. The van der Waals surface area contributed by atoms with Crippen molar-refractivity contribution < 1.29 is 27.4 Å². The van der Waals surface area contributed by atoms with Crippen molar-refractivity contribution >= 4 is 11.9 Å². The predicted octanol–water partition coefficient (Wildman–Crippen LogP) is 2.58. The van der Waals surface area contributed by atoms with Crippen LogP contribution in [0, 0.1) is 0 Å². The van der Waals surface area contributed by atoms with E-state index in [4.69, 9.17) is 9.47 Å². The average Bonchev–Trinajstić information content (AvgIpc) is 2.65. The number of hydrogen-bond donors (Lipinski definition) is 1. The third-order valence-electron chi connectivity index (χ3n) is 4.10. The highest BCUT2D eigenvalue weighted by molar-refractivity contribution is 5.68. The van der Waals surface area contributed by atoms with Crippen molar-refractivity contribution in [3.05, 3.63) is 23.9 Å². The van der Waals surface area contributed by atoms with Crippen LogP contribution in [0.4, 0.5) is 23.8 Å². The molecule has 2 aliphatic rings. The van der Waals surface area contributed by atoms with E-state index in [1.165, 1.54) is 0 Å². The number of nitrogens with zero attached hydrogens (tertiary/aromatic N) is 2. The number of alkyl halides is 3. The number of ether oxygens (including phenoxy) is 2. The second kappa shape index (κ2) is 6.05. The maximum Gasteiger partial charge on any atom is 0.416 e. The van der Waals surface area contributed by atoms with Crippen LogP contribution in [0.1, 0.15) is 26.3 Å². The summed E-state index contributed by atoms with van der Waals surface area (Å²) in [4.78, 5) is 17.7. The van der Waals surface area contributed by atoms with Gasteiger partial charge in [-0.2, -0.15) is 13.2 Å². The largest absolute Gasteiger partial charge is 0.444 e. The Morgan fingerprint density at radius 3 is 2.68 bits per heavy atom. The summed E-state index contributed by atoms with van der Waals surface area (Å²) in [6.07, 6.45) is -4.16. The standard InChI is InChI=1S/C16H20F3N3O3/c1-15(2,3)25-14(23)21-10-7-22(11-8-24-13(10)11)12-6-9(4-5-20-12)16(17,18)19/h4-6,10-11,13H,7-8H2,1-3H3,(H,21,23)/t10-,11-,13?/m1/s1. The molecule has 9 heteroatoms.